The minimum Gasteiger partial charge on any atom is -0.526 e. The zero-order valence-electron chi connectivity index (χ0n) is 15.6. The molecule has 3 rings (SSSR count). The Bertz CT molecular complexity index is 931. The summed E-state index contributed by atoms with van der Waals surface area (Å²) < 4.78 is 17.8. The molecule has 0 amide bonds. The first kappa shape index (κ1) is 18.9. The third kappa shape index (κ3) is 4.62. The summed E-state index contributed by atoms with van der Waals surface area (Å²) in [6.45, 7) is 5.78. The maximum atomic E-state index is 12.7. The molecule has 0 radical (unpaired) electrons. The summed E-state index contributed by atoms with van der Waals surface area (Å²) in [6, 6.07) is 16.9. The molecule has 0 fully saturated rings. The van der Waals surface area contributed by atoms with Crippen LogP contribution in [0.1, 0.15) is 26.3 Å². The fourth-order valence-corrected chi connectivity index (χ4v) is 2.65. The van der Waals surface area contributed by atoms with Gasteiger partial charge < -0.3 is 19.2 Å². The average molecular weight is 367 g/mol. The van der Waals surface area contributed by atoms with Crippen molar-refractivity contribution in [2.24, 2.45) is 0 Å². The molecule has 3 aromatic rings. The molecule has 27 heavy (non-hydrogen) atoms. The van der Waals surface area contributed by atoms with Crippen molar-refractivity contribution >= 4 is 24.7 Å². The monoisotopic (exact) mass is 367 g/mol. The lowest BCUT2D eigenvalue weighted by Gasteiger charge is -2.20. The van der Waals surface area contributed by atoms with Gasteiger partial charge in [-0.05, 0) is 38.5 Å². The van der Waals surface area contributed by atoms with E-state index in [1.54, 1.807) is 32.9 Å². The summed E-state index contributed by atoms with van der Waals surface area (Å²) in [6.07, 6.45) is -0.582. The fraction of sp³-hybridized carbons (Fsp3) is 0.250. The summed E-state index contributed by atoms with van der Waals surface area (Å²) in [5, 5.41) is 9.91. The normalized spacial score (nSPS) is 11.3. The first-order chi connectivity index (χ1) is 12.9. The van der Waals surface area contributed by atoms with E-state index in [1.807, 2.05) is 42.5 Å². The van der Waals surface area contributed by atoms with Crippen LogP contribution in [0.2, 0.25) is 0 Å². The Balaban J connectivity index is 1.93. The van der Waals surface area contributed by atoms with E-state index in [0.29, 0.717) is 17.9 Å². The lowest BCUT2D eigenvalue weighted by atomic mass is 10.2. The quantitative estimate of drug-likeness (QED) is 0.698. The maximum absolute atomic E-state index is 12.7. The van der Waals surface area contributed by atoms with Crippen molar-refractivity contribution in [2.45, 2.75) is 33.0 Å². The van der Waals surface area contributed by atoms with Gasteiger partial charge >= 0.3 is 13.8 Å². The number of carbonyl (C=O) groups excluding carboxylic acids is 1. The van der Waals surface area contributed by atoms with Crippen LogP contribution in [0.5, 0.6) is 11.6 Å². The van der Waals surface area contributed by atoms with Crippen molar-refractivity contribution < 1.29 is 23.9 Å². The number of ether oxygens (including phenoxy) is 2. The largest absolute Gasteiger partial charge is 0.526 e. The fourth-order valence-electron chi connectivity index (χ4n) is 2.65. The molecule has 0 saturated carbocycles. The van der Waals surface area contributed by atoms with Gasteiger partial charge in [0.05, 0.1) is 5.52 Å². The number of benzene rings is 2. The lowest BCUT2D eigenvalue weighted by Crippen LogP contribution is -2.27. The molecular formula is C20H22BNO5. The number of hydrogen-bond donors (Lipinski definition) is 1. The highest BCUT2D eigenvalue weighted by Gasteiger charge is 2.23. The van der Waals surface area contributed by atoms with Gasteiger partial charge in [-0.15, -0.1) is 0 Å². The number of aromatic nitrogens is 1. The molecule has 6 nitrogen and oxygen atoms in total. The Labute approximate surface area is 158 Å². The van der Waals surface area contributed by atoms with Crippen molar-refractivity contribution in [2.75, 3.05) is 0 Å². The van der Waals surface area contributed by atoms with Crippen LogP contribution >= 0.6 is 0 Å². The first-order valence-electron chi connectivity index (χ1n) is 8.66. The molecule has 0 saturated heterocycles. The number of nitrogens with zero attached hydrogens (tertiary/aromatic N) is 1. The average Bonchev–Trinajstić information content (AvgIpc) is 2.97. The Kier molecular flexibility index (Phi) is 5.42. The van der Waals surface area contributed by atoms with Gasteiger partial charge in [0.2, 0.25) is 0 Å². The van der Waals surface area contributed by atoms with Gasteiger partial charge in [0.1, 0.15) is 18.0 Å². The molecule has 0 aliphatic rings. The van der Waals surface area contributed by atoms with Crippen LogP contribution in [0, 0.1) is 0 Å². The predicted octanol–water partition coefficient (Wildman–Crippen LogP) is 3.64. The van der Waals surface area contributed by atoms with Crippen molar-refractivity contribution in [3.05, 3.63) is 60.2 Å². The highest BCUT2D eigenvalue weighted by Crippen LogP contribution is 2.30. The standard InChI is InChI=1S/C20H22BNO5/c1-20(2,3)26-19(23)22-17-12-16(25-13-14-7-5-4-6-8-14)10-9-15(17)11-18(22)27-21-24/h4-12,21,24H,13H2,1-3H3. The van der Waals surface area contributed by atoms with E-state index < -0.39 is 19.4 Å². The zero-order chi connectivity index (χ0) is 19.4. The van der Waals surface area contributed by atoms with Crippen molar-refractivity contribution in [1.29, 1.82) is 0 Å². The van der Waals surface area contributed by atoms with Crippen LogP contribution in [-0.2, 0) is 11.3 Å². The second kappa shape index (κ2) is 7.76. The second-order valence-corrected chi connectivity index (χ2v) is 7.07. The molecule has 0 atom stereocenters. The zero-order valence-corrected chi connectivity index (χ0v) is 15.6. The van der Waals surface area contributed by atoms with E-state index >= 15 is 0 Å². The van der Waals surface area contributed by atoms with Crippen molar-refractivity contribution in [1.82, 2.24) is 4.57 Å². The molecule has 1 N–H and O–H groups in total. The van der Waals surface area contributed by atoms with Gasteiger partial charge in [0, 0.05) is 17.5 Å². The van der Waals surface area contributed by atoms with Crippen LogP contribution in [0.25, 0.3) is 10.9 Å². The maximum Gasteiger partial charge on any atom is 0.505 e. The highest BCUT2D eigenvalue weighted by atomic mass is 16.6. The minimum atomic E-state index is -0.661. The Morgan fingerprint density at radius 2 is 1.85 bits per heavy atom. The van der Waals surface area contributed by atoms with E-state index in [-0.39, 0.29) is 5.88 Å². The molecule has 0 unspecified atom stereocenters. The van der Waals surface area contributed by atoms with Crippen LogP contribution in [-0.4, -0.2) is 29.0 Å². The van der Waals surface area contributed by atoms with Gasteiger partial charge in [-0.2, -0.15) is 0 Å². The van der Waals surface area contributed by atoms with Crippen LogP contribution in [0.4, 0.5) is 4.79 Å². The van der Waals surface area contributed by atoms with E-state index in [2.05, 4.69) is 0 Å². The predicted molar refractivity (Wildman–Crippen MR) is 104 cm³/mol. The molecule has 0 bridgehead atoms. The number of hydrogen-bond acceptors (Lipinski definition) is 5. The van der Waals surface area contributed by atoms with Crippen LogP contribution in [0.3, 0.4) is 0 Å². The van der Waals surface area contributed by atoms with E-state index in [9.17, 15) is 4.79 Å². The second-order valence-electron chi connectivity index (χ2n) is 7.07. The van der Waals surface area contributed by atoms with Gasteiger partial charge in [0.15, 0.2) is 5.88 Å². The van der Waals surface area contributed by atoms with Crippen LogP contribution < -0.4 is 9.39 Å². The van der Waals surface area contributed by atoms with E-state index in [1.165, 1.54) is 4.57 Å². The van der Waals surface area contributed by atoms with Gasteiger partial charge in [-0.3, -0.25) is 0 Å². The molecule has 2 aromatic carbocycles. The molecule has 1 aromatic heterocycles. The summed E-state index contributed by atoms with van der Waals surface area (Å²) >= 11 is 0. The molecule has 0 spiro atoms. The molecule has 1 heterocycles. The topological polar surface area (TPSA) is 69.9 Å². The van der Waals surface area contributed by atoms with Gasteiger partial charge in [0.25, 0.3) is 0 Å². The molecule has 7 heteroatoms. The SMILES string of the molecule is CC(C)(C)OC(=O)n1c(OBO)cc2ccc(OCc3ccccc3)cc21. The Morgan fingerprint density at radius 3 is 2.52 bits per heavy atom. The summed E-state index contributed by atoms with van der Waals surface area (Å²) in [5.74, 6) is 0.826. The summed E-state index contributed by atoms with van der Waals surface area (Å²) in [7, 11) is -0.545. The first-order valence-corrected chi connectivity index (χ1v) is 8.66. The third-order valence-electron chi connectivity index (χ3n) is 3.78. The van der Waals surface area contributed by atoms with Crippen molar-refractivity contribution in [3.63, 3.8) is 0 Å². The molecular weight excluding hydrogens is 345 g/mol. The number of rotatable bonds is 5. The van der Waals surface area contributed by atoms with Crippen molar-refractivity contribution in [3.8, 4) is 11.6 Å². The molecule has 0 aliphatic heterocycles. The van der Waals surface area contributed by atoms with E-state index in [0.717, 1.165) is 10.9 Å². The highest BCUT2D eigenvalue weighted by molar-refractivity contribution is 6.17. The van der Waals surface area contributed by atoms with Gasteiger partial charge in [-0.1, -0.05) is 30.3 Å². The molecule has 0 aliphatic carbocycles. The molecule has 140 valence electrons. The number of fused-ring (bicyclic) bond motifs is 1. The van der Waals surface area contributed by atoms with Gasteiger partial charge in [-0.25, -0.2) is 9.36 Å². The Hall–Kier alpha value is -2.93. The third-order valence-corrected chi connectivity index (χ3v) is 3.78. The van der Waals surface area contributed by atoms with E-state index in [4.69, 9.17) is 19.2 Å². The Morgan fingerprint density at radius 1 is 1.11 bits per heavy atom. The minimum absolute atomic E-state index is 0.210. The number of carbonyl (C=O) groups is 1. The summed E-state index contributed by atoms with van der Waals surface area (Å²) in [5.41, 5.74) is 0.966. The lowest BCUT2D eigenvalue weighted by molar-refractivity contribution is 0.0537. The van der Waals surface area contributed by atoms with Crippen LogP contribution in [0.15, 0.2) is 54.6 Å². The summed E-state index contributed by atoms with van der Waals surface area (Å²) in [4.78, 5) is 12.7. The smallest absolute Gasteiger partial charge is 0.505 e.